The van der Waals surface area contributed by atoms with Gasteiger partial charge in [0.15, 0.2) is 0 Å². The standard InChI is InChI=1S/C17H24N4/c1-13-9-15(3-6-18-13)10-16-12-19-20-17(16)11-14-4-7-21(2)8-5-14/h3,6,9,12,14H,4-5,7-8,10-11H2,1-2H3,(H,19,20). The second kappa shape index (κ2) is 6.39. The summed E-state index contributed by atoms with van der Waals surface area (Å²) >= 11 is 0. The molecular weight excluding hydrogens is 260 g/mol. The molecule has 0 atom stereocenters. The molecule has 0 amide bonds. The lowest BCUT2D eigenvalue weighted by atomic mass is 9.90. The Hall–Kier alpha value is -1.68. The third-order valence-corrected chi connectivity index (χ3v) is 4.49. The van der Waals surface area contributed by atoms with Crippen LogP contribution in [0.25, 0.3) is 0 Å². The van der Waals surface area contributed by atoms with Gasteiger partial charge in [-0.3, -0.25) is 10.1 Å². The number of aromatic nitrogens is 3. The lowest BCUT2D eigenvalue weighted by Crippen LogP contribution is -2.31. The van der Waals surface area contributed by atoms with Crippen LogP contribution < -0.4 is 0 Å². The minimum Gasteiger partial charge on any atom is -0.306 e. The van der Waals surface area contributed by atoms with Crippen LogP contribution in [0.1, 0.15) is 35.4 Å². The fraction of sp³-hybridized carbons (Fsp3) is 0.529. The van der Waals surface area contributed by atoms with Gasteiger partial charge in [-0.15, -0.1) is 0 Å². The molecule has 4 nitrogen and oxygen atoms in total. The molecule has 0 saturated carbocycles. The van der Waals surface area contributed by atoms with Gasteiger partial charge in [0.05, 0.1) is 6.20 Å². The molecule has 4 heteroatoms. The van der Waals surface area contributed by atoms with Crippen molar-refractivity contribution in [2.75, 3.05) is 20.1 Å². The fourth-order valence-electron chi connectivity index (χ4n) is 3.16. The average molecular weight is 284 g/mol. The van der Waals surface area contributed by atoms with Gasteiger partial charge in [0, 0.05) is 24.0 Å². The first-order valence-electron chi connectivity index (χ1n) is 7.82. The highest BCUT2D eigenvalue weighted by atomic mass is 15.1. The molecule has 2 aromatic rings. The summed E-state index contributed by atoms with van der Waals surface area (Å²) in [6.07, 6.45) is 8.54. The third kappa shape index (κ3) is 3.70. The van der Waals surface area contributed by atoms with Gasteiger partial charge in [-0.05, 0) is 75.5 Å². The van der Waals surface area contributed by atoms with Crippen LogP contribution in [0.5, 0.6) is 0 Å². The average Bonchev–Trinajstić information content (AvgIpc) is 2.89. The van der Waals surface area contributed by atoms with Gasteiger partial charge in [-0.2, -0.15) is 5.10 Å². The molecule has 3 rings (SSSR count). The monoisotopic (exact) mass is 284 g/mol. The van der Waals surface area contributed by atoms with Crippen molar-refractivity contribution >= 4 is 0 Å². The number of pyridine rings is 1. The summed E-state index contributed by atoms with van der Waals surface area (Å²) in [5.74, 6) is 0.791. The van der Waals surface area contributed by atoms with E-state index in [2.05, 4.69) is 39.3 Å². The Morgan fingerprint density at radius 1 is 1.33 bits per heavy atom. The zero-order valence-corrected chi connectivity index (χ0v) is 13.0. The zero-order valence-electron chi connectivity index (χ0n) is 13.0. The molecule has 21 heavy (non-hydrogen) atoms. The Morgan fingerprint density at radius 2 is 2.14 bits per heavy atom. The second-order valence-corrected chi connectivity index (χ2v) is 6.31. The Morgan fingerprint density at radius 3 is 2.90 bits per heavy atom. The number of likely N-dealkylation sites (tertiary alicyclic amines) is 1. The normalized spacial score (nSPS) is 17.2. The van der Waals surface area contributed by atoms with E-state index in [0.717, 1.165) is 24.5 Å². The van der Waals surface area contributed by atoms with Crippen LogP contribution in [-0.4, -0.2) is 40.2 Å². The van der Waals surface area contributed by atoms with Gasteiger partial charge in [0.25, 0.3) is 0 Å². The summed E-state index contributed by atoms with van der Waals surface area (Å²) in [4.78, 5) is 6.68. The molecule has 0 radical (unpaired) electrons. The summed E-state index contributed by atoms with van der Waals surface area (Å²) in [6, 6.07) is 4.26. The van der Waals surface area contributed by atoms with Crippen molar-refractivity contribution in [2.45, 2.75) is 32.6 Å². The van der Waals surface area contributed by atoms with Gasteiger partial charge >= 0.3 is 0 Å². The maximum absolute atomic E-state index is 4.27. The predicted molar refractivity (Wildman–Crippen MR) is 84.3 cm³/mol. The van der Waals surface area contributed by atoms with Gasteiger partial charge in [0.1, 0.15) is 0 Å². The van der Waals surface area contributed by atoms with Crippen LogP contribution in [0, 0.1) is 12.8 Å². The summed E-state index contributed by atoms with van der Waals surface area (Å²) in [5.41, 5.74) is 5.04. The van der Waals surface area contributed by atoms with Crippen LogP contribution in [0.3, 0.4) is 0 Å². The van der Waals surface area contributed by atoms with E-state index in [0.29, 0.717) is 0 Å². The number of nitrogens with one attached hydrogen (secondary N) is 1. The van der Waals surface area contributed by atoms with Crippen molar-refractivity contribution in [3.05, 3.63) is 47.0 Å². The molecule has 3 heterocycles. The van der Waals surface area contributed by atoms with E-state index >= 15 is 0 Å². The minimum absolute atomic E-state index is 0.791. The lowest BCUT2D eigenvalue weighted by molar-refractivity contribution is 0.218. The van der Waals surface area contributed by atoms with Gasteiger partial charge in [0.2, 0.25) is 0 Å². The number of aromatic amines is 1. The largest absolute Gasteiger partial charge is 0.306 e. The first-order chi connectivity index (χ1) is 10.2. The predicted octanol–water partition coefficient (Wildman–Crippen LogP) is 2.59. The Balaban J connectivity index is 1.66. The van der Waals surface area contributed by atoms with Crippen molar-refractivity contribution in [3.63, 3.8) is 0 Å². The Bertz CT molecular complexity index is 582. The smallest absolute Gasteiger partial charge is 0.0525 e. The number of aryl methyl sites for hydroxylation is 1. The molecule has 1 saturated heterocycles. The summed E-state index contributed by atoms with van der Waals surface area (Å²) < 4.78 is 0. The van der Waals surface area contributed by atoms with Crippen molar-refractivity contribution in [3.8, 4) is 0 Å². The maximum Gasteiger partial charge on any atom is 0.0525 e. The van der Waals surface area contributed by atoms with E-state index in [1.807, 2.05) is 19.3 Å². The molecule has 1 N–H and O–H groups in total. The summed E-state index contributed by atoms with van der Waals surface area (Å²) in [7, 11) is 2.21. The van der Waals surface area contributed by atoms with Crippen molar-refractivity contribution in [1.29, 1.82) is 0 Å². The molecule has 1 aliphatic heterocycles. The number of hydrogen-bond donors (Lipinski definition) is 1. The van der Waals surface area contributed by atoms with Crippen molar-refractivity contribution in [2.24, 2.45) is 5.92 Å². The third-order valence-electron chi connectivity index (χ3n) is 4.49. The van der Waals surface area contributed by atoms with Gasteiger partial charge in [-0.25, -0.2) is 0 Å². The maximum atomic E-state index is 4.27. The highest BCUT2D eigenvalue weighted by Gasteiger charge is 2.19. The SMILES string of the molecule is Cc1cc(Cc2cn[nH]c2CC2CCN(C)CC2)ccn1. The van der Waals surface area contributed by atoms with Gasteiger partial charge in [-0.1, -0.05) is 0 Å². The van der Waals surface area contributed by atoms with Crippen LogP contribution in [-0.2, 0) is 12.8 Å². The van der Waals surface area contributed by atoms with E-state index in [9.17, 15) is 0 Å². The molecule has 112 valence electrons. The second-order valence-electron chi connectivity index (χ2n) is 6.31. The van der Waals surface area contributed by atoms with E-state index in [1.54, 1.807) is 0 Å². The molecule has 0 unspecified atom stereocenters. The highest BCUT2D eigenvalue weighted by molar-refractivity contribution is 5.27. The minimum atomic E-state index is 0.791. The topological polar surface area (TPSA) is 44.8 Å². The number of H-pyrrole nitrogens is 1. The van der Waals surface area contributed by atoms with Crippen LogP contribution >= 0.6 is 0 Å². The molecule has 1 aliphatic rings. The van der Waals surface area contributed by atoms with Crippen LogP contribution in [0.4, 0.5) is 0 Å². The molecule has 0 aromatic carbocycles. The first-order valence-corrected chi connectivity index (χ1v) is 7.82. The Labute approximate surface area is 126 Å². The van der Waals surface area contributed by atoms with E-state index in [1.165, 1.54) is 42.8 Å². The lowest BCUT2D eigenvalue weighted by Gasteiger charge is -2.28. The van der Waals surface area contributed by atoms with Crippen molar-refractivity contribution in [1.82, 2.24) is 20.1 Å². The molecule has 0 aliphatic carbocycles. The van der Waals surface area contributed by atoms with Gasteiger partial charge < -0.3 is 4.90 Å². The quantitative estimate of drug-likeness (QED) is 0.938. The number of hydrogen-bond acceptors (Lipinski definition) is 3. The number of nitrogens with zero attached hydrogens (tertiary/aromatic N) is 3. The van der Waals surface area contributed by atoms with Crippen LogP contribution in [0.15, 0.2) is 24.5 Å². The van der Waals surface area contributed by atoms with E-state index < -0.39 is 0 Å². The number of piperidine rings is 1. The van der Waals surface area contributed by atoms with E-state index in [-0.39, 0.29) is 0 Å². The van der Waals surface area contributed by atoms with Crippen molar-refractivity contribution < 1.29 is 0 Å². The first kappa shape index (κ1) is 14.3. The van der Waals surface area contributed by atoms with Crippen LogP contribution in [0.2, 0.25) is 0 Å². The zero-order chi connectivity index (χ0) is 14.7. The molecule has 2 aromatic heterocycles. The Kier molecular flexibility index (Phi) is 4.34. The fourth-order valence-corrected chi connectivity index (χ4v) is 3.16. The highest BCUT2D eigenvalue weighted by Crippen LogP contribution is 2.22. The molecule has 0 spiro atoms. The summed E-state index contributed by atoms with van der Waals surface area (Å²) in [5, 5.41) is 7.49. The summed E-state index contributed by atoms with van der Waals surface area (Å²) in [6.45, 7) is 4.48. The number of rotatable bonds is 4. The molecule has 0 bridgehead atoms. The molecule has 1 fully saturated rings. The van der Waals surface area contributed by atoms with E-state index in [4.69, 9.17) is 0 Å². The molecular formula is C17H24N4.